The number of imidazole rings is 1. The first kappa shape index (κ1) is 30.4. The average molecular weight is 617 g/mol. The van der Waals surface area contributed by atoms with Crippen molar-refractivity contribution in [1.29, 1.82) is 0 Å². The number of anilines is 1. The topological polar surface area (TPSA) is 97.0 Å². The fourth-order valence-electron chi connectivity index (χ4n) is 9.18. The molecule has 7 heteroatoms. The van der Waals surface area contributed by atoms with Crippen molar-refractivity contribution in [1.82, 2.24) is 15.0 Å². The van der Waals surface area contributed by atoms with E-state index in [9.17, 15) is 9.59 Å². The highest BCUT2D eigenvalue weighted by Crippen LogP contribution is 2.61. The Kier molecular flexibility index (Phi) is 8.04. The van der Waals surface area contributed by atoms with Crippen LogP contribution in [0.3, 0.4) is 0 Å². The molecule has 4 aromatic rings. The standard InChI is InChI=1S/C39H44N4O3/c1-23-10-11-31(18-32(23)38(45)46-22-27-8-6-5-7-9-27)41-37(44)35-33(42-36(43-35)34-24(2)14-25(3)40-26(34)4)12-13-39-19-28-15-29(20-39)17-30(16-28)21-39/h5-11,14,18,28-30H,12-13,15-17,19-22H2,1-4H3,(H,41,44)(H,42,43). The number of benzene rings is 2. The molecule has 4 aliphatic rings. The lowest BCUT2D eigenvalue weighted by Gasteiger charge is -2.57. The van der Waals surface area contributed by atoms with Gasteiger partial charge in [-0.25, -0.2) is 9.78 Å². The summed E-state index contributed by atoms with van der Waals surface area (Å²) in [5.74, 6) is 2.61. The van der Waals surface area contributed by atoms with Crippen LogP contribution in [0.2, 0.25) is 0 Å². The average Bonchev–Trinajstić information content (AvgIpc) is 3.43. The number of esters is 1. The number of carbonyl (C=O) groups is 2. The summed E-state index contributed by atoms with van der Waals surface area (Å²) in [6.07, 6.45) is 10.1. The molecule has 0 radical (unpaired) electrons. The van der Waals surface area contributed by atoms with Gasteiger partial charge in [0.05, 0.1) is 5.56 Å². The Morgan fingerprint density at radius 2 is 1.59 bits per heavy atom. The van der Waals surface area contributed by atoms with Crippen molar-refractivity contribution >= 4 is 17.6 Å². The molecule has 0 aliphatic heterocycles. The summed E-state index contributed by atoms with van der Waals surface area (Å²) in [6, 6.07) is 17.0. The van der Waals surface area contributed by atoms with Gasteiger partial charge in [0, 0.05) is 28.3 Å². The number of pyridine rings is 1. The molecule has 0 unspecified atom stereocenters. The maximum absolute atomic E-state index is 14.0. The largest absolute Gasteiger partial charge is 0.457 e. The van der Waals surface area contributed by atoms with E-state index >= 15 is 0 Å². The molecule has 1 amide bonds. The van der Waals surface area contributed by atoms with Crippen LogP contribution in [0, 0.1) is 50.9 Å². The normalized spacial score (nSPS) is 23.0. The third kappa shape index (κ3) is 6.12. The van der Waals surface area contributed by atoms with Crippen molar-refractivity contribution in [2.24, 2.45) is 23.2 Å². The number of amides is 1. The number of nitrogens with zero attached hydrogens (tertiary/aromatic N) is 2. The fourth-order valence-corrected chi connectivity index (χ4v) is 9.18. The SMILES string of the molecule is Cc1cc(C)c(-c2nc(C(=O)Nc3ccc(C)c(C(=O)OCc4ccccc4)c3)c(CCC34CC5CC(CC(C5)C3)C4)[nH]2)c(C)n1. The molecule has 238 valence electrons. The first-order valence-corrected chi connectivity index (χ1v) is 16.8. The maximum Gasteiger partial charge on any atom is 0.338 e. The number of carbonyl (C=O) groups excluding carboxylic acids is 2. The minimum Gasteiger partial charge on any atom is -0.457 e. The summed E-state index contributed by atoms with van der Waals surface area (Å²) < 4.78 is 5.60. The first-order chi connectivity index (χ1) is 22.1. The molecule has 0 saturated heterocycles. The van der Waals surface area contributed by atoms with Crippen LogP contribution in [-0.4, -0.2) is 26.8 Å². The van der Waals surface area contributed by atoms with Gasteiger partial charge < -0.3 is 15.0 Å². The van der Waals surface area contributed by atoms with Gasteiger partial charge in [-0.05, 0) is 137 Å². The second-order valence-corrected chi connectivity index (χ2v) is 14.4. The predicted molar refractivity (Wildman–Crippen MR) is 180 cm³/mol. The van der Waals surface area contributed by atoms with Crippen molar-refractivity contribution in [2.45, 2.75) is 85.7 Å². The number of aromatic nitrogens is 3. The number of hydrogen-bond acceptors (Lipinski definition) is 5. The maximum atomic E-state index is 14.0. The van der Waals surface area contributed by atoms with E-state index in [0.29, 0.717) is 28.2 Å². The highest BCUT2D eigenvalue weighted by Gasteiger charge is 2.50. The van der Waals surface area contributed by atoms with Crippen molar-refractivity contribution < 1.29 is 14.3 Å². The van der Waals surface area contributed by atoms with Gasteiger partial charge in [-0.1, -0.05) is 36.4 Å². The molecule has 2 heterocycles. The predicted octanol–water partition coefficient (Wildman–Crippen LogP) is 8.46. The molecule has 0 spiro atoms. The van der Waals surface area contributed by atoms with Crippen LogP contribution in [0.1, 0.15) is 99.6 Å². The molecular formula is C39H44N4O3. The number of aryl methyl sites for hydroxylation is 5. The van der Waals surface area contributed by atoms with Crippen LogP contribution in [0.5, 0.6) is 0 Å². The molecule has 46 heavy (non-hydrogen) atoms. The molecule has 0 atom stereocenters. The summed E-state index contributed by atoms with van der Waals surface area (Å²) in [7, 11) is 0. The van der Waals surface area contributed by atoms with Gasteiger partial charge in [0.15, 0.2) is 0 Å². The van der Waals surface area contributed by atoms with E-state index in [-0.39, 0.29) is 12.5 Å². The van der Waals surface area contributed by atoms with Gasteiger partial charge in [-0.3, -0.25) is 9.78 Å². The van der Waals surface area contributed by atoms with E-state index in [1.165, 1.54) is 38.5 Å². The Labute approximate surface area is 271 Å². The smallest absolute Gasteiger partial charge is 0.338 e. The number of H-pyrrole nitrogens is 1. The Morgan fingerprint density at radius 3 is 2.26 bits per heavy atom. The van der Waals surface area contributed by atoms with E-state index in [1.807, 2.05) is 63.2 Å². The molecule has 2 aromatic carbocycles. The summed E-state index contributed by atoms with van der Waals surface area (Å²) in [5, 5.41) is 3.05. The second kappa shape index (κ2) is 12.2. The lowest BCUT2D eigenvalue weighted by atomic mass is 9.48. The van der Waals surface area contributed by atoms with Gasteiger partial charge in [-0.15, -0.1) is 0 Å². The van der Waals surface area contributed by atoms with Crippen molar-refractivity contribution in [3.05, 3.63) is 99.6 Å². The fraction of sp³-hybridized carbons (Fsp3) is 0.436. The monoisotopic (exact) mass is 616 g/mol. The van der Waals surface area contributed by atoms with Crippen molar-refractivity contribution in [3.8, 4) is 11.4 Å². The molecule has 4 saturated carbocycles. The van der Waals surface area contributed by atoms with Crippen LogP contribution >= 0.6 is 0 Å². The minimum absolute atomic E-state index is 0.186. The van der Waals surface area contributed by atoms with Gasteiger partial charge in [-0.2, -0.15) is 0 Å². The lowest BCUT2D eigenvalue weighted by Crippen LogP contribution is -2.46. The Balaban J connectivity index is 1.14. The van der Waals surface area contributed by atoms with E-state index in [2.05, 4.69) is 23.3 Å². The molecule has 4 aliphatic carbocycles. The molecule has 4 fully saturated rings. The molecule has 2 N–H and O–H groups in total. The van der Waals surface area contributed by atoms with Crippen LogP contribution in [0.15, 0.2) is 54.6 Å². The van der Waals surface area contributed by atoms with Crippen molar-refractivity contribution in [2.75, 3.05) is 5.32 Å². The molecule has 2 aromatic heterocycles. The second-order valence-electron chi connectivity index (χ2n) is 14.4. The quantitative estimate of drug-likeness (QED) is 0.184. The highest BCUT2D eigenvalue weighted by atomic mass is 16.5. The highest BCUT2D eigenvalue weighted by molar-refractivity contribution is 6.05. The number of hydrogen-bond donors (Lipinski definition) is 2. The van der Waals surface area contributed by atoms with Crippen LogP contribution in [-0.2, 0) is 17.8 Å². The van der Waals surface area contributed by atoms with E-state index in [0.717, 1.165) is 69.9 Å². The third-order valence-corrected chi connectivity index (χ3v) is 10.8. The Morgan fingerprint density at radius 1 is 0.891 bits per heavy atom. The summed E-state index contributed by atoms with van der Waals surface area (Å²) in [6.45, 7) is 8.12. The molecular weight excluding hydrogens is 572 g/mol. The molecule has 4 bridgehead atoms. The summed E-state index contributed by atoms with van der Waals surface area (Å²) in [5.41, 5.74) is 8.20. The number of rotatable bonds is 9. The van der Waals surface area contributed by atoms with Crippen LogP contribution in [0.25, 0.3) is 11.4 Å². The van der Waals surface area contributed by atoms with Crippen LogP contribution < -0.4 is 5.32 Å². The van der Waals surface area contributed by atoms with Gasteiger partial charge in [0.2, 0.25) is 0 Å². The molecule has 7 nitrogen and oxygen atoms in total. The molecule has 8 rings (SSSR count). The summed E-state index contributed by atoms with van der Waals surface area (Å²) in [4.78, 5) is 40.2. The Bertz CT molecular complexity index is 1730. The van der Waals surface area contributed by atoms with Gasteiger partial charge >= 0.3 is 5.97 Å². The third-order valence-electron chi connectivity index (χ3n) is 10.8. The van der Waals surface area contributed by atoms with Crippen LogP contribution in [0.4, 0.5) is 5.69 Å². The van der Waals surface area contributed by atoms with E-state index in [1.54, 1.807) is 6.07 Å². The number of ether oxygens (including phenoxy) is 1. The minimum atomic E-state index is -0.423. The number of nitrogens with one attached hydrogen (secondary N) is 2. The van der Waals surface area contributed by atoms with Crippen molar-refractivity contribution in [3.63, 3.8) is 0 Å². The Hall–Kier alpha value is -4.26. The zero-order chi connectivity index (χ0) is 32.0. The number of aromatic amines is 1. The van der Waals surface area contributed by atoms with Gasteiger partial charge in [0.1, 0.15) is 18.1 Å². The first-order valence-electron chi connectivity index (χ1n) is 16.8. The zero-order valence-corrected chi connectivity index (χ0v) is 27.4. The van der Waals surface area contributed by atoms with E-state index in [4.69, 9.17) is 14.7 Å². The van der Waals surface area contributed by atoms with Gasteiger partial charge in [0.25, 0.3) is 5.91 Å². The summed E-state index contributed by atoms with van der Waals surface area (Å²) >= 11 is 0. The lowest BCUT2D eigenvalue weighted by molar-refractivity contribution is -0.0570. The van der Waals surface area contributed by atoms with E-state index < -0.39 is 5.97 Å². The zero-order valence-electron chi connectivity index (χ0n) is 27.4.